The monoisotopic (exact) mass is 249 g/mol. The van der Waals surface area contributed by atoms with Crippen LogP contribution in [0.1, 0.15) is 5.82 Å². The summed E-state index contributed by atoms with van der Waals surface area (Å²) in [5.41, 5.74) is 5.56. The topological polar surface area (TPSA) is 110 Å². The third-order valence-corrected chi connectivity index (χ3v) is 2.05. The average Bonchev–Trinajstić information content (AvgIpc) is 2.09. The van der Waals surface area contributed by atoms with Gasteiger partial charge in [-0.3, -0.25) is 4.55 Å². The standard InChI is InChI=1S/C7H12N4O4S/c1-5-9-7(10(2)3)4-6(8)11(5)15-16(12,13)14/h4,8H,1-3H3,(H,12,13,14)/p+1. The lowest BCUT2D eigenvalue weighted by atomic mass is 10.5. The van der Waals surface area contributed by atoms with Gasteiger partial charge in [0.15, 0.2) is 0 Å². The first-order chi connectivity index (χ1) is 7.20. The Morgan fingerprint density at radius 1 is 1.56 bits per heavy atom. The highest BCUT2D eigenvalue weighted by Crippen LogP contribution is 2.08. The summed E-state index contributed by atoms with van der Waals surface area (Å²) in [6.07, 6.45) is 0. The molecule has 9 heteroatoms. The minimum Gasteiger partial charge on any atom is -0.349 e. The lowest BCUT2D eigenvalue weighted by Gasteiger charge is -2.10. The van der Waals surface area contributed by atoms with Crippen molar-refractivity contribution in [1.82, 2.24) is 4.98 Å². The molecular weight excluding hydrogens is 236 g/mol. The van der Waals surface area contributed by atoms with E-state index in [2.05, 4.69) is 9.27 Å². The highest BCUT2D eigenvalue weighted by Gasteiger charge is 2.20. The van der Waals surface area contributed by atoms with E-state index in [0.717, 1.165) is 4.73 Å². The Hall–Kier alpha value is -1.61. The number of nitrogen functional groups attached to an aromatic ring is 1. The molecule has 0 saturated carbocycles. The first-order valence-electron chi connectivity index (χ1n) is 4.24. The van der Waals surface area contributed by atoms with Crippen molar-refractivity contribution in [2.75, 3.05) is 24.7 Å². The molecule has 1 heterocycles. The first-order valence-corrected chi connectivity index (χ1v) is 5.61. The molecule has 0 bridgehead atoms. The molecule has 0 radical (unpaired) electrons. The molecule has 1 rings (SSSR count). The third kappa shape index (κ3) is 2.94. The molecule has 0 aliphatic heterocycles. The van der Waals surface area contributed by atoms with Crippen LogP contribution in [0.25, 0.3) is 0 Å². The molecule has 0 spiro atoms. The van der Waals surface area contributed by atoms with Crippen molar-refractivity contribution in [2.24, 2.45) is 0 Å². The molecule has 3 N–H and O–H groups in total. The van der Waals surface area contributed by atoms with Crippen molar-refractivity contribution in [1.29, 1.82) is 0 Å². The van der Waals surface area contributed by atoms with Crippen LogP contribution in [0.5, 0.6) is 0 Å². The summed E-state index contributed by atoms with van der Waals surface area (Å²) in [5, 5.41) is 0. The Kier molecular flexibility index (Phi) is 3.19. The van der Waals surface area contributed by atoms with E-state index in [1.54, 1.807) is 19.0 Å². The first kappa shape index (κ1) is 12.5. The van der Waals surface area contributed by atoms with E-state index in [4.69, 9.17) is 10.3 Å². The van der Waals surface area contributed by atoms with E-state index in [0.29, 0.717) is 5.82 Å². The van der Waals surface area contributed by atoms with E-state index in [1.807, 2.05) is 0 Å². The highest BCUT2D eigenvalue weighted by atomic mass is 32.3. The van der Waals surface area contributed by atoms with Gasteiger partial charge in [0.1, 0.15) is 0 Å². The van der Waals surface area contributed by atoms with Crippen LogP contribution in [0.4, 0.5) is 11.6 Å². The van der Waals surface area contributed by atoms with E-state index in [9.17, 15) is 8.42 Å². The summed E-state index contributed by atoms with van der Waals surface area (Å²) in [6.45, 7) is 1.49. The van der Waals surface area contributed by atoms with Crippen LogP contribution in [0.15, 0.2) is 6.07 Å². The molecular formula is C7H13N4O4S+. The molecule has 0 aromatic carbocycles. The molecule has 0 saturated heterocycles. The molecule has 1 aromatic heterocycles. The van der Waals surface area contributed by atoms with Crippen LogP contribution in [0.2, 0.25) is 0 Å². The number of nitrogens with two attached hydrogens (primary N) is 1. The molecule has 16 heavy (non-hydrogen) atoms. The lowest BCUT2D eigenvalue weighted by Crippen LogP contribution is -2.51. The van der Waals surface area contributed by atoms with Gasteiger partial charge in [0, 0.05) is 21.0 Å². The number of nitrogens with zero attached hydrogens (tertiary/aromatic N) is 3. The zero-order chi connectivity index (χ0) is 12.5. The van der Waals surface area contributed by atoms with Crippen LogP contribution < -0.4 is 19.6 Å². The maximum absolute atomic E-state index is 10.5. The quantitative estimate of drug-likeness (QED) is 0.498. The normalized spacial score (nSPS) is 11.2. The van der Waals surface area contributed by atoms with Gasteiger partial charge >= 0.3 is 10.4 Å². The SMILES string of the molecule is Cc1nc(N(C)C)cc(N)[n+]1OS(=O)(=O)O. The number of aryl methyl sites for hydroxylation is 1. The van der Waals surface area contributed by atoms with E-state index < -0.39 is 10.4 Å². The number of hydrogen-bond donors (Lipinski definition) is 2. The van der Waals surface area contributed by atoms with Crippen LogP contribution in [-0.2, 0) is 10.4 Å². The molecule has 0 fully saturated rings. The van der Waals surface area contributed by atoms with Gasteiger partial charge in [-0.1, -0.05) is 4.98 Å². The summed E-state index contributed by atoms with van der Waals surface area (Å²) < 4.78 is 34.6. The number of aromatic nitrogens is 2. The molecule has 90 valence electrons. The summed E-state index contributed by atoms with van der Waals surface area (Å²) in [7, 11) is -1.11. The predicted molar refractivity (Wildman–Crippen MR) is 56.0 cm³/mol. The Morgan fingerprint density at radius 3 is 2.50 bits per heavy atom. The Labute approximate surface area is 93.2 Å². The van der Waals surface area contributed by atoms with Gasteiger partial charge < -0.3 is 10.6 Å². The second kappa shape index (κ2) is 4.10. The van der Waals surface area contributed by atoms with Gasteiger partial charge in [-0.05, 0) is 4.73 Å². The minimum absolute atomic E-state index is 0.00817. The molecule has 0 aliphatic rings. The van der Waals surface area contributed by atoms with Gasteiger partial charge in [-0.15, -0.1) is 0 Å². The van der Waals surface area contributed by atoms with Crippen LogP contribution in [0, 0.1) is 6.92 Å². The molecule has 0 aliphatic carbocycles. The third-order valence-electron chi connectivity index (χ3n) is 1.71. The van der Waals surface area contributed by atoms with Crippen molar-refractivity contribution in [2.45, 2.75) is 6.92 Å². The zero-order valence-electron chi connectivity index (χ0n) is 9.08. The lowest BCUT2D eigenvalue weighted by molar-refractivity contribution is -0.852. The van der Waals surface area contributed by atoms with Crippen molar-refractivity contribution in [3.63, 3.8) is 0 Å². The fraction of sp³-hybridized carbons (Fsp3) is 0.429. The Bertz CT molecular complexity index is 476. The van der Waals surface area contributed by atoms with Crippen molar-refractivity contribution in [3.8, 4) is 0 Å². The molecule has 0 amide bonds. The van der Waals surface area contributed by atoms with Crippen molar-refractivity contribution >= 4 is 22.0 Å². The molecule has 0 atom stereocenters. The van der Waals surface area contributed by atoms with Gasteiger partial charge in [0.2, 0.25) is 5.82 Å². The van der Waals surface area contributed by atoms with E-state index in [-0.39, 0.29) is 11.6 Å². The van der Waals surface area contributed by atoms with Crippen LogP contribution in [0.3, 0.4) is 0 Å². The van der Waals surface area contributed by atoms with Gasteiger partial charge in [0.05, 0.1) is 6.07 Å². The molecule has 1 aromatic rings. The number of hydrogen-bond acceptors (Lipinski definition) is 6. The van der Waals surface area contributed by atoms with Crippen LogP contribution >= 0.6 is 0 Å². The number of anilines is 2. The van der Waals surface area contributed by atoms with E-state index in [1.165, 1.54) is 13.0 Å². The zero-order valence-corrected chi connectivity index (χ0v) is 9.89. The van der Waals surface area contributed by atoms with Crippen molar-refractivity contribution < 1.29 is 22.0 Å². The molecule has 8 nitrogen and oxygen atoms in total. The summed E-state index contributed by atoms with van der Waals surface area (Å²) in [6, 6.07) is 1.41. The summed E-state index contributed by atoms with van der Waals surface area (Å²) in [4.78, 5) is 5.72. The van der Waals surface area contributed by atoms with Gasteiger partial charge in [-0.25, -0.2) is 4.28 Å². The second-order valence-corrected chi connectivity index (χ2v) is 4.28. The van der Waals surface area contributed by atoms with Gasteiger partial charge in [-0.2, -0.15) is 8.42 Å². The van der Waals surface area contributed by atoms with E-state index >= 15 is 0 Å². The van der Waals surface area contributed by atoms with Crippen molar-refractivity contribution in [3.05, 3.63) is 11.9 Å². The summed E-state index contributed by atoms with van der Waals surface area (Å²) in [5.74, 6) is 0.750. The number of rotatable bonds is 3. The Balaban J connectivity index is 3.23. The largest absolute Gasteiger partial charge is 0.476 e. The maximum Gasteiger partial charge on any atom is 0.476 e. The minimum atomic E-state index is -4.63. The Morgan fingerprint density at radius 2 is 2.12 bits per heavy atom. The van der Waals surface area contributed by atoms with Crippen LogP contribution in [-0.4, -0.2) is 32.0 Å². The average molecular weight is 249 g/mol. The predicted octanol–water partition coefficient (Wildman–Crippen LogP) is -1.44. The summed E-state index contributed by atoms with van der Waals surface area (Å²) >= 11 is 0. The van der Waals surface area contributed by atoms with Gasteiger partial charge in [0.25, 0.3) is 11.6 Å². The smallest absolute Gasteiger partial charge is 0.349 e. The fourth-order valence-corrected chi connectivity index (χ4v) is 1.42. The fourth-order valence-electron chi connectivity index (χ4n) is 1.04. The maximum atomic E-state index is 10.5. The molecule has 0 unspecified atom stereocenters. The highest BCUT2D eigenvalue weighted by molar-refractivity contribution is 7.80. The second-order valence-electron chi connectivity index (χ2n) is 3.28.